The van der Waals surface area contributed by atoms with Gasteiger partial charge >= 0.3 is 6.18 Å². The molecule has 110 valence electrons. The van der Waals surface area contributed by atoms with Crippen molar-refractivity contribution in [3.8, 4) is 0 Å². The highest BCUT2D eigenvalue weighted by molar-refractivity contribution is 5.95. The molecular weight excluding hydrogens is 271 g/mol. The van der Waals surface area contributed by atoms with E-state index in [9.17, 15) is 18.0 Å². The van der Waals surface area contributed by atoms with Crippen molar-refractivity contribution in [2.45, 2.75) is 19.5 Å². The average Bonchev–Trinajstić information content (AvgIpc) is 2.93. The largest absolute Gasteiger partial charge is 0.416 e. The highest BCUT2D eigenvalue weighted by Gasteiger charge is 2.31. The Bertz CT molecular complexity index is 464. The lowest BCUT2D eigenvalue weighted by molar-refractivity contribution is -0.137. The van der Waals surface area contributed by atoms with Gasteiger partial charge in [-0.2, -0.15) is 13.2 Å². The van der Waals surface area contributed by atoms with E-state index in [-0.39, 0.29) is 11.8 Å². The molecule has 0 saturated carbocycles. The molecule has 1 unspecified atom stereocenters. The molecule has 1 amide bonds. The van der Waals surface area contributed by atoms with Gasteiger partial charge in [-0.05, 0) is 37.6 Å². The van der Waals surface area contributed by atoms with Crippen LogP contribution in [0.3, 0.4) is 0 Å². The van der Waals surface area contributed by atoms with Crippen LogP contribution in [0.2, 0.25) is 0 Å². The lowest BCUT2D eigenvalue weighted by Crippen LogP contribution is -2.36. The monoisotopic (exact) mass is 287 g/mol. The van der Waals surface area contributed by atoms with Crippen LogP contribution >= 0.6 is 0 Å². The van der Waals surface area contributed by atoms with Crippen molar-refractivity contribution in [1.29, 1.82) is 0 Å². The maximum atomic E-state index is 12.5. The van der Waals surface area contributed by atoms with Gasteiger partial charge in [0.15, 0.2) is 0 Å². The Morgan fingerprint density at radius 2 is 2.00 bits per heavy atom. The summed E-state index contributed by atoms with van der Waals surface area (Å²) in [5.74, 6) is -0.290. The zero-order valence-corrected chi connectivity index (χ0v) is 11.1. The molecule has 3 nitrogen and oxygen atoms in total. The first-order valence-corrected chi connectivity index (χ1v) is 6.50. The molecular formula is C14H16F3NO2. The summed E-state index contributed by atoms with van der Waals surface area (Å²) in [7, 11) is 0. The summed E-state index contributed by atoms with van der Waals surface area (Å²) in [4.78, 5) is 13.8. The molecule has 0 N–H and O–H groups in total. The van der Waals surface area contributed by atoms with Crippen LogP contribution in [0.1, 0.15) is 18.9 Å². The van der Waals surface area contributed by atoms with E-state index in [1.807, 2.05) is 0 Å². The van der Waals surface area contributed by atoms with Gasteiger partial charge in [0.2, 0.25) is 5.91 Å². The minimum absolute atomic E-state index is 0.0928. The topological polar surface area (TPSA) is 29.5 Å². The smallest absolute Gasteiger partial charge is 0.381 e. The van der Waals surface area contributed by atoms with E-state index in [1.54, 1.807) is 6.92 Å². The molecule has 20 heavy (non-hydrogen) atoms. The number of rotatable bonds is 3. The molecule has 1 aromatic rings. The van der Waals surface area contributed by atoms with Gasteiger partial charge in [0.25, 0.3) is 0 Å². The predicted molar refractivity (Wildman–Crippen MR) is 68.4 cm³/mol. The summed E-state index contributed by atoms with van der Waals surface area (Å²) in [5.41, 5.74) is -0.230. The van der Waals surface area contributed by atoms with Crippen molar-refractivity contribution >= 4 is 11.6 Å². The van der Waals surface area contributed by atoms with Gasteiger partial charge in [-0.25, -0.2) is 0 Å². The third kappa shape index (κ3) is 3.12. The minimum atomic E-state index is -4.36. The average molecular weight is 287 g/mol. The third-order valence-electron chi connectivity index (χ3n) is 3.37. The van der Waals surface area contributed by atoms with Crippen molar-refractivity contribution in [2.24, 2.45) is 5.92 Å². The maximum Gasteiger partial charge on any atom is 0.416 e. The first-order valence-electron chi connectivity index (χ1n) is 6.50. The van der Waals surface area contributed by atoms with Crippen molar-refractivity contribution in [2.75, 3.05) is 24.7 Å². The fourth-order valence-corrected chi connectivity index (χ4v) is 2.25. The Labute approximate surface area is 115 Å². The number of hydrogen-bond donors (Lipinski definition) is 0. The molecule has 1 saturated heterocycles. The molecule has 6 heteroatoms. The summed E-state index contributed by atoms with van der Waals surface area (Å²) in [6.45, 7) is 3.16. The molecule has 1 atom stereocenters. The number of amides is 1. The SMILES string of the molecule is CCN(C(=O)C1CCOC1)c1ccc(C(F)(F)F)cc1. The number of halogens is 3. The van der Waals surface area contributed by atoms with Gasteiger partial charge in [-0.1, -0.05) is 0 Å². The molecule has 0 radical (unpaired) electrons. The van der Waals surface area contributed by atoms with E-state index in [4.69, 9.17) is 4.74 Å². The van der Waals surface area contributed by atoms with Crippen molar-refractivity contribution in [3.05, 3.63) is 29.8 Å². The van der Waals surface area contributed by atoms with Crippen LogP contribution in [0.25, 0.3) is 0 Å². The lowest BCUT2D eigenvalue weighted by atomic mass is 10.1. The van der Waals surface area contributed by atoms with Crippen LogP contribution in [0.5, 0.6) is 0 Å². The number of benzene rings is 1. The molecule has 1 aromatic carbocycles. The van der Waals surface area contributed by atoms with E-state index in [0.717, 1.165) is 12.1 Å². The fourth-order valence-electron chi connectivity index (χ4n) is 2.25. The van der Waals surface area contributed by atoms with Crippen LogP contribution < -0.4 is 4.90 Å². The summed E-state index contributed by atoms with van der Waals surface area (Å²) in [6.07, 6.45) is -3.70. The normalized spacial score (nSPS) is 19.1. The number of ether oxygens (including phenoxy) is 1. The Hall–Kier alpha value is -1.56. The number of anilines is 1. The van der Waals surface area contributed by atoms with Crippen LogP contribution in [0, 0.1) is 5.92 Å². The van der Waals surface area contributed by atoms with Crippen molar-refractivity contribution < 1.29 is 22.7 Å². The van der Waals surface area contributed by atoms with Crippen molar-refractivity contribution in [3.63, 3.8) is 0 Å². The second-order valence-corrected chi connectivity index (χ2v) is 4.69. The first-order chi connectivity index (χ1) is 9.43. The highest BCUT2D eigenvalue weighted by atomic mass is 19.4. The molecule has 1 aliphatic rings. The van der Waals surface area contributed by atoms with E-state index in [0.29, 0.717) is 31.9 Å². The Morgan fingerprint density at radius 3 is 2.45 bits per heavy atom. The second-order valence-electron chi connectivity index (χ2n) is 4.69. The molecule has 0 aromatic heterocycles. The molecule has 0 spiro atoms. The van der Waals surface area contributed by atoms with Crippen molar-refractivity contribution in [1.82, 2.24) is 0 Å². The van der Waals surface area contributed by atoms with Crippen LogP contribution in [-0.4, -0.2) is 25.7 Å². The maximum absolute atomic E-state index is 12.5. The van der Waals surface area contributed by atoms with Crippen LogP contribution in [-0.2, 0) is 15.7 Å². The first kappa shape index (κ1) is 14.8. The fraction of sp³-hybridized carbons (Fsp3) is 0.500. The number of nitrogens with zero attached hydrogens (tertiary/aromatic N) is 1. The summed E-state index contributed by atoms with van der Waals surface area (Å²) in [5, 5.41) is 0. The van der Waals surface area contributed by atoms with Gasteiger partial charge in [0, 0.05) is 18.8 Å². The summed E-state index contributed by atoms with van der Waals surface area (Å²) >= 11 is 0. The summed E-state index contributed by atoms with van der Waals surface area (Å²) in [6, 6.07) is 4.66. The van der Waals surface area contributed by atoms with Gasteiger partial charge in [0.1, 0.15) is 0 Å². The third-order valence-corrected chi connectivity index (χ3v) is 3.37. The van der Waals surface area contributed by atoms with E-state index < -0.39 is 11.7 Å². The van der Waals surface area contributed by atoms with Gasteiger partial charge in [-0.3, -0.25) is 4.79 Å². The number of alkyl halides is 3. The number of hydrogen-bond acceptors (Lipinski definition) is 2. The Kier molecular flexibility index (Phi) is 4.32. The summed E-state index contributed by atoms with van der Waals surface area (Å²) < 4.78 is 42.7. The lowest BCUT2D eigenvalue weighted by Gasteiger charge is -2.24. The van der Waals surface area contributed by atoms with Gasteiger partial charge in [0.05, 0.1) is 18.1 Å². The molecule has 0 bridgehead atoms. The van der Waals surface area contributed by atoms with Crippen LogP contribution in [0.15, 0.2) is 24.3 Å². The molecule has 2 rings (SSSR count). The Morgan fingerprint density at radius 1 is 1.35 bits per heavy atom. The molecule has 1 aliphatic heterocycles. The zero-order valence-electron chi connectivity index (χ0n) is 11.1. The molecule has 1 fully saturated rings. The van der Waals surface area contributed by atoms with Gasteiger partial charge in [-0.15, -0.1) is 0 Å². The highest BCUT2D eigenvalue weighted by Crippen LogP contribution is 2.31. The van der Waals surface area contributed by atoms with Crippen LogP contribution in [0.4, 0.5) is 18.9 Å². The van der Waals surface area contributed by atoms with Gasteiger partial charge < -0.3 is 9.64 Å². The molecule has 1 heterocycles. The number of carbonyl (C=O) groups excluding carboxylic acids is 1. The molecule has 0 aliphatic carbocycles. The zero-order chi connectivity index (χ0) is 14.8. The number of carbonyl (C=O) groups is 1. The quantitative estimate of drug-likeness (QED) is 0.855. The Balaban J connectivity index is 2.17. The van der Waals surface area contributed by atoms with E-state index in [1.165, 1.54) is 17.0 Å². The van der Waals surface area contributed by atoms with E-state index in [2.05, 4.69) is 0 Å². The minimum Gasteiger partial charge on any atom is -0.381 e. The van der Waals surface area contributed by atoms with E-state index >= 15 is 0 Å². The predicted octanol–water partition coefficient (Wildman–Crippen LogP) is 3.09. The second kappa shape index (κ2) is 5.83. The standard InChI is InChI=1S/C14H16F3NO2/c1-2-18(13(19)10-7-8-20-9-10)12-5-3-11(4-6-12)14(15,16)17/h3-6,10H,2,7-9H2,1H3.